The number of allylic oxidation sites excluding steroid dienone is 5. The normalized spacial score (nSPS) is 45.8. The molecule has 0 radical (unpaired) electrons. The van der Waals surface area contributed by atoms with Gasteiger partial charge >= 0.3 is 5.97 Å². The number of ether oxygens (including phenoxy) is 1. The third-order valence-electron chi connectivity index (χ3n) is 11.5. The number of hydrogen-bond donors (Lipinski definition) is 2. The van der Waals surface area contributed by atoms with E-state index >= 15 is 0 Å². The standard InChI is InChI=1S/C33H50O4/c1-19(2)11-10-12-23(30(35)36)28-25-17-26(34)29-31(7)15-13-21(5)22(6)24(31)14-16-32(29,8)33(25,9)18-27(28)37-20(3)4/h11,13,15,21-22,24-27,29,34H,3,10,12,14,16-18H2,1-2,4-9H3,(H,35,36)/b28-23-/t21-,22+,24+,25+,26-,27?,29+,31+,32+,33+/m1/s1. The second-order valence-electron chi connectivity index (χ2n) is 13.8. The van der Waals surface area contributed by atoms with Gasteiger partial charge in [0.25, 0.3) is 0 Å². The average molecular weight is 511 g/mol. The van der Waals surface area contributed by atoms with Crippen molar-refractivity contribution in [3.63, 3.8) is 0 Å². The Morgan fingerprint density at radius 3 is 2.46 bits per heavy atom. The number of aliphatic carboxylic acids is 1. The van der Waals surface area contributed by atoms with Crippen LogP contribution in [0.1, 0.15) is 93.9 Å². The molecule has 4 heteroatoms. The summed E-state index contributed by atoms with van der Waals surface area (Å²) in [6, 6.07) is 0. The SMILES string of the molecule is C=C(C)OC1C[C@@]2(C)[C@@H](C[C@@H](O)[C@H]3[C@@]4(C)C=C[C@@H](C)[C@H](C)[C@@H]4CC[C@@]32C)/C1=C(\CCC=C(C)C)C(=O)O. The highest BCUT2D eigenvalue weighted by Crippen LogP contribution is 2.74. The topological polar surface area (TPSA) is 66.8 Å². The van der Waals surface area contributed by atoms with Crippen LogP contribution in [0, 0.1) is 45.8 Å². The largest absolute Gasteiger partial charge is 0.491 e. The highest BCUT2D eigenvalue weighted by Gasteiger charge is 2.70. The van der Waals surface area contributed by atoms with Crippen LogP contribution >= 0.6 is 0 Å². The summed E-state index contributed by atoms with van der Waals surface area (Å²) in [7, 11) is 0. The smallest absolute Gasteiger partial charge is 0.331 e. The van der Waals surface area contributed by atoms with Crippen molar-refractivity contribution in [3.8, 4) is 0 Å². The first-order chi connectivity index (χ1) is 17.2. The summed E-state index contributed by atoms with van der Waals surface area (Å²) in [6.45, 7) is 21.8. The summed E-state index contributed by atoms with van der Waals surface area (Å²) in [5, 5.41) is 22.4. The quantitative estimate of drug-likeness (QED) is 0.218. The number of carbonyl (C=O) groups is 1. The Hall–Kier alpha value is -1.81. The zero-order chi connectivity index (χ0) is 27.5. The number of rotatable bonds is 6. The lowest BCUT2D eigenvalue weighted by atomic mass is 9.37. The van der Waals surface area contributed by atoms with Gasteiger partial charge in [-0.25, -0.2) is 4.79 Å². The molecule has 4 rings (SSSR count). The number of carboxylic acids is 1. The fourth-order valence-electron chi connectivity index (χ4n) is 9.51. The maximum atomic E-state index is 12.7. The summed E-state index contributed by atoms with van der Waals surface area (Å²) in [4.78, 5) is 12.7. The van der Waals surface area contributed by atoms with E-state index in [-0.39, 0.29) is 34.2 Å². The molecule has 0 bridgehead atoms. The minimum Gasteiger partial charge on any atom is -0.491 e. The van der Waals surface area contributed by atoms with Crippen LogP contribution in [0.5, 0.6) is 0 Å². The molecule has 3 saturated carbocycles. The van der Waals surface area contributed by atoms with Crippen molar-refractivity contribution >= 4 is 5.97 Å². The van der Waals surface area contributed by atoms with Gasteiger partial charge in [0.15, 0.2) is 0 Å². The lowest BCUT2D eigenvalue weighted by Gasteiger charge is -2.68. The Bertz CT molecular complexity index is 1030. The van der Waals surface area contributed by atoms with Crippen LogP contribution in [0.2, 0.25) is 0 Å². The van der Waals surface area contributed by atoms with Gasteiger partial charge in [0.05, 0.1) is 11.9 Å². The summed E-state index contributed by atoms with van der Waals surface area (Å²) < 4.78 is 6.34. The van der Waals surface area contributed by atoms with Gasteiger partial charge in [0.2, 0.25) is 0 Å². The van der Waals surface area contributed by atoms with Gasteiger partial charge in [-0.05, 0) is 111 Å². The molecule has 0 aliphatic heterocycles. The molecule has 0 heterocycles. The van der Waals surface area contributed by atoms with Crippen LogP contribution in [0.15, 0.2) is 47.3 Å². The Morgan fingerprint density at radius 2 is 1.86 bits per heavy atom. The molecular formula is C33H50O4. The number of aliphatic hydroxyl groups excluding tert-OH is 1. The molecule has 0 amide bonds. The molecule has 0 aromatic carbocycles. The van der Waals surface area contributed by atoms with Crippen LogP contribution in [-0.2, 0) is 9.53 Å². The van der Waals surface area contributed by atoms with Crippen LogP contribution in [0.4, 0.5) is 0 Å². The molecule has 206 valence electrons. The van der Waals surface area contributed by atoms with E-state index < -0.39 is 12.1 Å². The van der Waals surface area contributed by atoms with Gasteiger partial charge < -0.3 is 14.9 Å². The maximum absolute atomic E-state index is 12.7. The molecule has 4 nitrogen and oxygen atoms in total. The van der Waals surface area contributed by atoms with Crippen LogP contribution in [0.25, 0.3) is 0 Å². The van der Waals surface area contributed by atoms with Crippen molar-refractivity contribution < 1.29 is 19.7 Å². The van der Waals surface area contributed by atoms with E-state index in [1.165, 1.54) is 5.57 Å². The number of fused-ring (bicyclic) bond motifs is 5. The van der Waals surface area contributed by atoms with E-state index in [2.05, 4.69) is 59.4 Å². The first-order valence-corrected chi connectivity index (χ1v) is 14.5. The molecule has 4 aliphatic rings. The van der Waals surface area contributed by atoms with E-state index in [1.54, 1.807) is 0 Å². The molecular weight excluding hydrogens is 460 g/mol. The summed E-state index contributed by atoms with van der Waals surface area (Å²) in [6.07, 6.45) is 10.9. The predicted molar refractivity (Wildman–Crippen MR) is 150 cm³/mol. The van der Waals surface area contributed by atoms with E-state index in [9.17, 15) is 15.0 Å². The van der Waals surface area contributed by atoms with Crippen molar-refractivity contribution in [2.75, 3.05) is 0 Å². The summed E-state index contributed by atoms with van der Waals surface area (Å²) in [5.74, 6) is 1.58. The molecule has 0 saturated heterocycles. The van der Waals surface area contributed by atoms with Crippen molar-refractivity contribution in [3.05, 3.63) is 47.3 Å². The van der Waals surface area contributed by atoms with Gasteiger partial charge in [0.1, 0.15) is 6.10 Å². The highest BCUT2D eigenvalue weighted by atomic mass is 16.5. The zero-order valence-electron chi connectivity index (χ0n) is 24.4. The fraction of sp³-hybridized carbons (Fsp3) is 0.727. The van der Waals surface area contributed by atoms with Gasteiger partial charge in [0, 0.05) is 5.57 Å². The van der Waals surface area contributed by atoms with Crippen molar-refractivity contribution in [2.24, 2.45) is 45.8 Å². The molecule has 2 N–H and O–H groups in total. The molecule has 3 fully saturated rings. The molecule has 0 aromatic rings. The number of aliphatic hydroxyl groups is 1. The Balaban J connectivity index is 1.84. The fourth-order valence-corrected chi connectivity index (χ4v) is 9.51. The predicted octanol–water partition coefficient (Wildman–Crippen LogP) is 7.70. The zero-order valence-corrected chi connectivity index (χ0v) is 24.4. The Kier molecular flexibility index (Phi) is 7.42. The third-order valence-corrected chi connectivity index (χ3v) is 11.5. The summed E-state index contributed by atoms with van der Waals surface area (Å²) in [5.41, 5.74) is 2.21. The molecule has 10 atom stereocenters. The van der Waals surface area contributed by atoms with Gasteiger partial charge in [-0.2, -0.15) is 0 Å². The van der Waals surface area contributed by atoms with Crippen LogP contribution in [-0.4, -0.2) is 28.4 Å². The summed E-state index contributed by atoms with van der Waals surface area (Å²) >= 11 is 0. The van der Waals surface area contributed by atoms with Crippen LogP contribution < -0.4 is 0 Å². The highest BCUT2D eigenvalue weighted by molar-refractivity contribution is 5.88. The van der Waals surface area contributed by atoms with E-state index in [0.29, 0.717) is 48.3 Å². The maximum Gasteiger partial charge on any atom is 0.331 e. The first-order valence-electron chi connectivity index (χ1n) is 14.5. The lowest BCUT2D eigenvalue weighted by molar-refractivity contribution is -0.206. The second-order valence-corrected chi connectivity index (χ2v) is 13.8. The van der Waals surface area contributed by atoms with Crippen molar-refractivity contribution in [1.82, 2.24) is 0 Å². The molecule has 1 unspecified atom stereocenters. The number of carboxylic acid groups (broad SMARTS) is 1. The minimum absolute atomic E-state index is 0.0185. The lowest BCUT2D eigenvalue weighted by Crippen LogP contribution is -2.64. The van der Waals surface area contributed by atoms with Crippen molar-refractivity contribution in [1.29, 1.82) is 0 Å². The Morgan fingerprint density at radius 1 is 1.19 bits per heavy atom. The Labute approximate surface area is 224 Å². The second kappa shape index (κ2) is 9.74. The first kappa shape index (κ1) is 28.2. The third kappa shape index (κ3) is 4.36. The van der Waals surface area contributed by atoms with E-state index in [4.69, 9.17) is 4.74 Å². The van der Waals surface area contributed by atoms with Crippen molar-refractivity contribution in [2.45, 2.75) is 106 Å². The molecule has 0 aromatic heterocycles. The molecule has 0 spiro atoms. The molecule has 4 aliphatic carbocycles. The van der Waals surface area contributed by atoms with Gasteiger partial charge in [-0.3, -0.25) is 0 Å². The monoisotopic (exact) mass is 510 g/mol. The van der Waals surface area contributed by atoms with E-state index in [0.717, 1.165) is 24.8 Å². The van der Waals surface area contributed by atoms with Crippen LogP contribution in [0.3, 0.4) is 0 Å². The van der Waals surface area contributed by atoms with E-state index in [1.807, 2.05) is 20.8 Å². The molecule has 37 heavy (non-hydrogen) atoms. The number of hydrogen-bond acceptors (Lipinski definition) is 3. The van der Waals surface area contributed by atoms with Gasteiger partial charge in [-0.15, -0.1) is 0 Å². The minimum atomic E-state index is -0.854. The average Bonchev–Trinajstić information content (AvgIpc) is 3.05. The van der Waals surface area contributed by atoms with Gasteiger partial charge in [-0.1, -0.05) is 65.0 Å².